The zero-order valence-corrected chi connectivity index (χ0v) is 11.8. The predicted octanol–water partition coefficient (Wildman–Crippen LogP) is 3.24. The molecule has 1 heterocycles. The predicted molar refractivity (Wildman–Crippen MR) is 75.4 cm³/mol. The van der Waals surface area contributed by atoms with Crippen molar-refractivity contribution >= 4 is 11.6 Å². The molecule has 1 aromatic rings. The molecule has 0 spiro atoms. The zero-order chi connectivity index (χ0) is 13.6. The minimum atomic E-state index is -0.320. The van der Waals surface area contributed by atoms with Gasteiger partial charge in [-0.1, -0.05) is 19.1 Å². The lowest BCUT2D eigenvalue weighted by Gasteiger charge is -2.43. The number of fused-ring (bicyclic) bond motifs is 1. The summed E-state index contributed by atoms with van der Waals surface area (Å²) in [5, 5.41) is 0. The number of carbonyl (C=O) groups excluding carboxylic acids is 1. The van der Waals surface area contributed by atoms with Crippen molar-refractivity contribution in [3.63, 3.8) is 0 Å². The molecular formula is C16H21NO2. The molecule has 1 aliphatic heterocycles. The minimum absolute atomic E-state index is 0.206. The molecule has 0 radical (unpaired) electrons. The van der Waals surface area contributed by atoms with E-state index in [4.69, 9.17) is 4.74 Å². The van der Waals surface area contributed by atoms with Gasteiger partial charge in [0.2, 0.25) is 5.91 Å². The molecule has 0 N–H and O–H groups in total. The second-order valence-electron chi connectivity index (χ2n) is 6.53. The van der Waals surface area contributed by atoms with E-state index in [1.165, 1.54) is 0 Å². The average Bonchev–Trinajstić information content (AvgIpc) is 2.32. The van der Waals surface area contributed by atoms with Crippen molar-refractivity contribution in [3.05, 3.63) is 24.3 Å². The van der Waals surface area contributed by atoms with Crippen LogP contribution in [0.3, 0.4) is 0 Å². The van der Waals surface area contributed by atoms with Gasteiger partial charge < -0.3 is 9.64 Å². The quantitative estimate of drug-likeness (QED) is 0.775. The van der Waals surface area contributed by atoms with Crippen molar-refractivity contribution in [3.8, 4) is 5.75 Å². The van der Waals surface area contributed by atoms with Crippen LogP contribution in [0, 0.1) is 11.8 Å². The van der Waals surface area contributed by atoms with Gasteiger partial charge in [-0.15, -0.1) is 0 Å². The van der Waals surface area contributed by atoms with Gasteiger partial charge in [0.25, 0.3) is 0 Å². The normalized spacial score (nSPS) is 28.1. The Labute approximate surface area is 114 Å². The fraction of sp³-hybridized carbons (Fsp3) is 0.562. The van der Waals surface area contributed by atoms with E-state index < -0.39 is 0 Å². The third-order valence-corrected chi connectivity index (χ3v) is 4.07. The number of amides is 1. The molecule has 0 bridgehead atoms. The van der Waals surface area contributed by atoms with Gasteiger partial charge in [-0.25, -0.2) is 0 Å². The summed E-state index contributed by atoms with van der Waals surface area (Å²) in [5.74, 6) is 1.98. The van der Waals surface area contributed by atoms with Gasteiger partial charge in [-0.05, 0) is 44.7 Å². The number of rotatable bonds is 1. The van der Waals surface area contributed by atoms with Gasteiger partial charge in [0.1, 0.15) is 11.4 Å². The average molecular weight is 259 g/mol. The molecule has 3 heteroatoms. The Hall–Kier alpha value is -1.51. The van der Waals surface area contributed by atoms with Crippen molar-refractivity contribution in [1.29, 1.82) is 0 Å². The lowest BCUT2D eigenvalue weighted by molar-refractivity contribution is -0.127. The summed E-state index contributed by atoms with van der Waals surface area (Å²) in [6.07, 6.45) is 2.05. The number of ether oxygens (including phenoxy) is 1. The summed E-state index contributed by atoms with van der Waals surface area (Å²) in [5.41, 5.74) is 0.603. The summed E-state index contributed by atoms with van der Waals surface area (Å²) in [4.78, 5) is 14.6. The number of benzene rings is 1. The van der Waals surface area contributed by atoms with Crippen LogP contribution in [0.5, 0.6) is 5.75 Å². The van der Waals surface area contributed by atoms with Crippen LogP contribution in [0.1, 0.15) is 33.6 Å². The van der Waals surface area contributed by atoms with Crippen LogP contribution < -0.4 is 9.64 Å². The molecule has 1 fully saturated rings. The molecule has 1 amide bonds. The van der Waals surface area contributed by atoms with Gasteiger partial charge in [0.15, 0.2) is 0 Å². The Morgan fingerprint density at radius 3 is 2.68 bits per heavy atom. The maximum atomic E-state index is 12.6. The van der Waals surface area contributed by atoms with Gasteiger partial charge in [0.05, 0.1) is 12.2 Å². The van der Waals surface area contributed by atoms with Gasteiger partial charge >= 0.3 is 0 Å². The lowest BCUT2D eigenvalue weighted by Crippen LogP contribution is -2.52. The van der Waals surface area contributed by atoms with E-state index in [1.54, 1.807) is 0 Å². The van der Waals surface area contributed by atoms with E-state index in [2.05, 4.69) is 6.92 Å². The van der Waals surface area contributed by atoms with Crippen molar-refractivity contribution in [1.82, 2.24) is 0 Å². The zero-order valence-electron chi connectivity index (χ0n) is 11.8. The molecule has 102 valence electrons. The summed E-state index contributed by atoms with van der Waals surface area (Å²) < 4.78 is 5.96. The monoisotopic (exact) mass is 259 g/mol. The first kappa shape index (κ1) is 12.5. The number of carbonyl (C=O) groups is 1. The van der Waals surface area contributed by atoms with Crippen LogP contribution in [0.15, 0.2) is 24.3 Å². The minimum Gasteiger partial charge on any atom is -0.484 e. The lowest BCUT2D eigenvalue weighted by atomic mass is 9.75. The van der Waals surface area contributed by atoms with E-state index in [-0.39, 0.29) is 17.4 Å². The van der Waals surface area contributed by atoms with Gasteiger partial charge in [-0.2, -0.15) is 0 Å². The smallest absolute Gasteiger partial charge is 0.230 e. The number of anilines is 1. The molecule has 0 aromatic heterocycles. The Morgan fingerprint density at radius 1 is 1.32 bits per heavy atom. The highest BCUT2D eigenvalue weighted by Crippen LogP contribution is 2.41. The topological polar surface area (TPSA) is 29.5 Å². The second-order valence-corrected chi connectivity index (χ2v) is 6.53. The van der Waals surface area contributed by atoms with Crippen LogP contribution in [-0.2, 0) is 4.79 Å². The molecule has 0 unspecified atom stereocenters. The standard InChI is InChI=1S/C16H21NO2/c1-11-8-12(9-11)15(18)17-10-16(2,3)19-14-7-5-4-6-13(14)17/h4-7,11-12H,8-10H2,1-3H3. The molecule has 3 nitrogen and oxygen atoms in total. The molecule has 1 saturated carbocycles. The SMILES string of the molecule is CC1CC(C(=O)N2CC(C)(C)Oc3ccccc32)C1. The Balaban J connectivity index is 1.90. The highest BCUT2D eigenvalue weighted by atomic mass is 16.5. The van der Waals surface area contributed by atoms with Crippen LogP contribution in [0.4, 0.5) is 5.69 Å². The third-order valence-electron chi connectivity index (χ3n) is 4.07. The van der Waals surface area contributed by atoms with Crippen molar-refractivity contribution in [2.24, 2.45) is 11.8 Å². The maximum absolute atomic E-state index is 12.6. The first-order valence-electron chi connectivity index (χ1n) is 7.06. The molecule has 3 rings (SSSR count). The molecule has 2 aliphatic rings. The summed E-state index contributed by atoms with van der Waals surface area (Å²) in [7, 11) is 0. The fourth-order valence-corrected chi connectivity index (χ4v) is 3.08. The van der Waals surface area contributed by atoms with Gasteiger partial charge in [0, 0.05) is 5.92 Å². The van der Waals surface area contributed by atoms with Crippen LogP contribution >= 0.6 is 0 Å². The van der Waals surface area contributed by atoms with Crippen LogP contribution in [0.25, 0.3) is 0 Å². The van der Waals surface area contributed by atoms with E-state index >= 15 is 0 Å². The first-order valence-corrected chi connectivity index (χ1v) is 7.06. The number of hydrogen-bond donors (Lipinski definition) is 0. The highest BCUT2D eigenvalue weighted by molar-refractivity contribution is 5.97. The number of nitrogens with zero attached hydrogens (tertiary/aromatic N) is 1. The molecule has 1 aromatic carbocycles. The summed E-state index contributed by atoms with van der Waals surface area (Å²) >= 11 is 0. The fourth-order valence-electron chi connectivity index (χ4n) is 3.08. The highest BCUT2D eigenvalue weighted by Gasteiger charge is 2.40. The first-order chi connectivity index (χ1) is 8.96. The molecular weight excluding hydrogens is 238 g/mol. The van der Waals surface area contributed by atoms with E-state index in [0.717, 1.165) is 24.3 Å². The van der Waals surface area contributed by atoms with Crippen molar-refractivity contribution < 1.29 is 9.53 Å². The van der Waals surface area contributed by atoms with Crippen LogP contribution in [-0.4, -0.2) is 18.1 Å². The van der Waals surface area contributed by atoms with Crippen molar-refractivity contribution in [2.45, 2.75) is 39.2 Å². The Bertz CT molecular complexity index is 503. The Morgan fingerprint density at radius 2 is 2.00 bits per heavy atom. The van der Waals surface area contributed by atoms with Crippen molar-refractivity contribution in [2.75, 3.05) is 11.4 Å². The summed E-state index contributed by atoms with van der Waals surface area (Å²) in [6.45, 7) is 6.91. The molecule has 1 aliphatic carbocycles. The van der Waals surface area contributed by atoms with Crippen LogP contribution in [0.2, 0.25) is 0 Å². The van der Waals surface area contributed by atoms with E-state index in [9.17, 15) is 4.79 Å². The Kier molecular flexibility index (Phi) is 2.80. The molecule has 0 atom stereocenters. The molecule has 0 saturated heterocycles. The van der Waals surface area contributed by atoms with E-state index in [0.29, 0.717) is 12.5 Å². The number of hydrogen-bond acceptors (Lipinski definition) is 2. The number of para-hydroxylation sites is 2. The summed E-state index contributed by atoms with van der Waals surface area (Å²) in [6, 6.07) is 7.84. The second kappa shape index (κ2) is 4.26. The molecule has 19 heavy (non-hydrogen) atoms. The maximum Gasteiger partial charge on any atom is 0.230 e. The van der Waals surface area contributed by atoms with Gasteiger partial charge in [-0.3, -0.25) is 4.79 Å². The van der Waals surface area contributed by atoms with E-state index in [1.807, 2.05) is 43.0 Å². The third kappa shape index (κ3) is 2.22. The largest absolute Gasteiger partial charge is 0.484 e.